The maximum absolute atomic E-state index is 13.1. The second kappa shape index (κ2) is 10.5. The van der Waals surface area contributed by atoms with E-state index in [1.54, 1.807) is 26.8 Å². The Labute approximate surface area is 164 Å². The summed E-state index contributed by atoms with van der Waals surface area (Å²) < 4.78 is 18.3. The number of nitrogens with zero attached hydrogens (tertiary/aromatic N) is 1. The van der Waals surface area contributed by atoms with Gasteiger partial charge in [0.25, 0.3) is 5.91 Å². The lowest BCUT2D eigenvalue weighted by Crippen LogP contribution is -2.47. The van der Waals surface area contributed by atoms with Gasteiger partial charge in [-0.15, -0.1) is 0 Å². The summed E-state index contributed by atoms with van der Waals surface area (Å²) in [4.78, 5) is 28.8. The summed E-state index contributed by atoms with van der Waals surface area (Å²) in [5, 5.41) is 8.84. The molecule has 8 nitrogen and oxygen atoms in total. The van der Waals surface area contributed by atoms with Gasteiger partial charge in [0.1, 0.15) is 11.4 Å². The number of amides is 2. The number of ether oxygens (including phenoxy) is 1. The molecule has 0 aliphatic rings. The van der Waals surface area contributed by atoms with E-state index in [2.05, 4.69) is 15.8 Å². The van der Waals surface area contributed by atoms with Crippen molar-refractivity contribution in [2.75, 3.05) is 11.9 Å². The molecule has 0 aliphatic heterocycles. The molecular weight excluding hydrogens is 367 g/mol. The van der Waals surface area contributed by atoms with Crippen molar-refractivity contribution in [2.24, 2.45) is 16.8 Å². The van der Waals surface area contributed by atoms with E-state index in [0.29, 0.717) is 12.1 Å². The molecule has 1 unspecified atom stereocenters. The molecule has 0 saturated carbocycles. The number of carbonyl (C=O) groups is 2. The van der Waals surface area contributed by atoms with Gasteiger partial charge in [0, 0.05) is 5.69 Å². The Morgan fingerprint density at radius 3 is 2.54 bits per heavy atom. The molecule has 4 N–H and O–H groups in total. The summed E-state index contributed by atoms with van der Waals surface area (Å²) in [5.74, 6) is -0.767. The van der Waals surface area contributed by atoms with Crippen LogP contribution in [0.5, 0.6) is 0 Å². The van der Waals surface area contributed by atoms with Crippen LogP contribution in [0.3, 0.4) is 0 Å². The van der Waals surface area contributed by atoms with Gasteiger partial charge in [-0.1, -0.05) is 25.1 Å². The van der Waals surface area contributed by atoms with Crippen molar-refractivity contribution in [2.45, 2.75) is 52.7 Å². The third kappa shape index (κ3) is 9.75. The number of amidine groups is 1. The predicted octanol–water partition coefficient (Wildman–Crippen LogP) is 2.99. The average Bonchev–Trinajstić information content (AvgIpc) is 2.51. The molecule has 9 heteroatoms. The van der Waals surface area contributed by atoms with Crippen molar-refractivity contribution < 1.29 is 23.6 Å². The third-order valence-corrected chi connectivity index (χ3v) is 3.23. The first-order valence-electron chi connectivity index (χ1n) is 8.96. The number of oxime groups is 1. The van der Waals surface area contributed by atoms with Gasteiger partial charge in [-0.3, -0.25) is 4.79 Å². The number of anilines is 1. The van der Waals surface area contributed by atoms with E-state index >= 15 is 0 Å². The largest absolute Gasteiger partial charge is 0.444 e. The molecule has 1 rings (SSSR count). The highest BCUT2D eigenvalue weighted by molar-refractivity contribution is 5.92. The average molecular weight is 396 g/mol. The van der Waals surface area contributed by atoms with Crippen molar-refractivity contribution in [3.63, 3.8) is 0 Å². The van der Waals surface area contributed by atoms with Crippen molar-refractivity contribution in [1.82, 2.24) is 5.32 Å². The molecule has 156 valence electrons. The van der Waals surface area contributed by atoms with E-state index in [9.17, 15) is 14.0 Å². The SMILES string of the molecule is CC(C)CC(NC(=O)OC(C)(C)C)/C(N)=N/OCC(=O)Nc1cccc(F)c1. The summed E-state index contributed by atoms with van der Waals surface area (Å²) in [6.45, 7) is 8.76. The summed E-state index contributed by atoms with van der Waals surface area (Å²) in [6.07, 6.45) is -0.117. The Morgan fingerprint density at radius 2 is 1.96 bits per heavy atom. The highest BCUT2D eigenvalue weighted by Crippen LogP contribution is 2.10. The van der Waals surface area contributed by atoms with E-state index in [1.807, 2.05) is 13.8 Å². The lowest BCUT2D eigenvalue weighted by Gasteiger charge is -2.24. The van der Waals surface area contributed by atoms with Crippen LogP contribution in [-0.2, 0) is 14.4 Å². The molecule has 1 aromatic rings. The Morgan fingerprint density at radius 1 is 1.29 bits per heavy atom. The monoisotopic (exact) mass is 396 g/mol. The van der Waals surface area contributed by atoms with Crippen LogP contribution in [0.2, 0.25) is 0 Å². The smallest absolute Gasteiger partial charge is 0.408 e. The van der Waals surface area contributed by atoms with Gasteiger partial charge in [0.2, 0.25) is 0 Å². The van der Waals surface area contributed by atoms with E-state index < -0.39 is 36.1 Å². The van der Waals surface area contributed by atoms with Gasteiger partial charge in [0.15, 0.2) is 12.4 Å². The van der Waals surface area contributed by atoms with Crippen LogP contribution < -0.4 is 16.4 Å². The lowest BCUT2D eigenvalue weighted by molar-refractivity contribution is -0.120. The molecule has 0 saturated heterocycles. The number of carbonyl (C=O) groups excluding carboxylic acids is 2. The number of alkyl carbamates (subject to hydrolysis) is 1. The highest BCUT2D eigenvalue weighted by atomic mass is 19.1. The minimum absolute atomic E-state index is 0.0121. The van der Waals surface area contributed by atoms with Gasteiger partial charge in [-0.25, -0.2) is 9.18 Å². The van der Waals surface area contributed by atoms with Gasteiger partial charge in [-0.2, -0.15) is 0 Å². The summed E-state index contributed by atoms with van der Waals surface area (Å²) in [5.41, 5.74) is 5.56. The van der Waals surface area contributed by atoms with Crippen LogP contribution in [0, 0.1) is 11.7 Å². The Balaban J connectivity index is 2.61. The molecule has 2 amide bonds. The number of halogens is 1. The van der Waals surface area contributed by atoms with Crippen LogP contribution >= 0.6 is 0 Å². The maximum atomic E-state index is 13.1. The molecular formula is C19H29FN4O4. The Bertz CT molecular complexity index is 701. The standard InChI is InChI=1S/C19H29FN4O4/c1-12(2)9-15(23-18(26)28-19(3,4)5)17(21)24-27-11-16(25)22-14-8-6-7-13(20)10-14/h6-8,10,12,15H,9,11H2,1-5H3,(H2,21,24)(H,22,25)(H,23,26). The molecule has 1 atom stereocenters. The Kier molecular flexibility index (Phi) is 8.69. The van der Waals surface area contributed by atoms with Crippen molar-refractivity contribution in [1.29, 1.82) is 0 Å². The van der Waals surface area contributed by atoms with Gasteiger partial charge >= 0.3 is 6.09 Å². The van der Waals surface area contributed by atoms with Gasteiger partial charge < -0.3 is 25.9 Å². The second-order valence-corrected chi connectivity index (χ2v) is 7.68. The normalized spacial score (nSPS) is 13.0. The quantitative estimate of drug-likeness (QED) is 0.355. The fourth-order valence-electron chi connectivity index (χ4n) is 2.17. The topological polar surface area (TPSA) is 115 Å². The van der Waals surface area contributed by atoms with E-state index in [-0.39, 0.29) is 11.8 Å². The number of benzene rings is 1. The van der Waals surface area contributed by atoms with Crippen LogP contribution in [0.4, 0.5) is 14.9 Å². The van der Waals surface area contributed by atoms with Crippen molar-refractivity contribution in [3.8, 4) is 0 Å². The van der Waals surface area contributed by atoms with Crippen LogP contribution in [0.15, 0.2) is 29.4 Å². The zero-order valence-electron chi connectivity index (χ0n) is 16.9. The summed E-state index contributed by atoms with van der Waals surface area (Å²) >= 11 is 0. The first-order valence-corrected chi connectivity index (χ1v) is 8.96. The molecule has 28 heavy (non-hydrogen) atoms. The summed E-state index contributed by atoms with van der Waals surface area (Å²) in [7, 11) is 0. The minimum atomic E-state index is -0.649. The maximum Gasteiger partial charge on any atom is 0.408 e. The van der Waals surface area contributed by atoms with Crippen molar-refractivity contribution >= 4 is 23.5 Å². The van der Waals surface area contributed by atoms with Crippen LogP contribution in [0.1, 0.15) is 41.0 Å². The number of nitrogens with one attached hydrogen (secondary N) is 2. The molecule has 0 aliphatic carbocycles. The zero-order valence-corrected chi connectivity index (χ0v) is 16.9. The first-order chi connectivity index (χ1) is 13.0. The third-order valence-electron chi connectivity index (χ3n) is 3.23. The lowest BCUT2D eigenvalue weighted by atomic mass is 10.0. The number of hydrogen-bond donors (Lipinski definition) is 3. The van der Waals surface area contributed by atoms with Crippen LogP contribution in [-0.4, -0.2) is 36.1 Å². The van der Waals surface area contributed by atoms with E-state index in [1.165, 1.54) is 18.2 Å². The zero-order chi connectivity index (χ0) is 21.3. The molecule has 0 radical (unpaired) electrons. The van der Waals surface area contributed by atoms with Crippen LogP contribution in [0.25, 0.3) is 0 Å². The fraction of sp³-hybridized carbons (Fsp3) is 0.526. The molecule has 0 aromatic heterocycles. The molecule has 1 aromatic carbocycles. The minimum Gasteiger partial charge on any atom is -0.444 e. The number of rotatable bonds is 8. The van der Waals surface area contributed by atoms with E-state index in [0.717, 1.165) is 0 Å². The highest BCUT2D eigenvalue weighted by Gasteiger charge is 2.23. The molecule has 0 heterocycles. The second-order valence-electron chi connectivity index (χ2n) is 7.68. The number of hydrogen-bond acceptors (Lipinski definition) is 5. The van der Waals surface area contributed by atoms with Crippen molar-refractivity contribution in [3.05, 3.63) is 30.1 Å². The molecule has 0 spiro atoms. The van der Waals surface area contributed by atoms with Gasteiger partial charge in [-0.05, 0) is 51.3 Å². The first kappa shape index (κ1) is 23.2. The van der Waals surface area contributed by atoms with Gasteiger partial charge in [0.05, 0.1) is 6.04 Å². The summed E-state index contributed by atoms with van der Waals surface area (Å²) in [6, 6.07) is 4.85. The predicted molar refractivity (Wildman–Crippen MR) is 105 cm³/mol. The Hall–Kier alpha value is -2.84. The molecule has 0 bridgehead atoms. The van der Waals surface area contributed by atoms with E-state index in [4.69, 9.17) is 15.3 Å². The fourth-order valence-corrected chi connectivity index (χ4v) is 2.17. The molecule has 0 fully saturated rings. The number of nitrogens with two attached hydrogens (primary N) is 1.